The van der Waals surface area contributed by atoms with Gasteiger partial charge in [0.25, 0.3) is 0 Å². The highest BCUT2D eigenvalue weighted by atomic mass is 16.3. The number of allylic oxidation sites excluding steroid dienone is 1. The Morgan fingerprint density at radius 2 is 1.11 bits per heavy atom. The molecule has 16 atom stereocenters. The van der Waals surface area contributed by atoms with E-state index < -0.39 is 0 Å². The van der Waals surface area contributed by atoms with E-state index in [0.717, 1.165) is 89.8 Å². The highest BCUT2D eigenvalue weighted by Gasteiger charge is 2.61. The molecule has 0 radical (unpaired) electrons. The zero-order valence-corrected chi connectivity index (χ0v) is 38.6. The van der Waals surface area contributed by atoms with Crippen molar-refractivity contribution >= 4 is 0 Å². The molecule has 0 aromatic carbocycles. The van der Waals surface area contributed by atoms with E-state index in [2.05, 4.69) is 75.3 Å². The fourth-order valence-electron chi connectivity index (χ4n) is 18.0. The molecule has 0 aromatic rings. The Bertz CT molecular complexity index is 1290. The highest BCUT2D eigenvalue weighted by molar-refractivity contribution is 5.25. The van der Waals surface area contributed by atoms with Gasteiger partial charge >= 0.3 is 0 Å². The van der Waals surface area contributed by atoms with Crippen LogP contribution in [0.25, 0.3) is 0 Å². The molecule has 0 aliphatic heterocycles. The summed E-state index contributed by atoms with van der Waals surface area (Å²) in [5, 5.41) is 10.2. The van der Waals surface area contributed by atoms with E-state index in [0.29, 0.717) is 21.7 Å². The molecule has 55 heavy (non-hydrogen) atoms. The third kappa shape index (κ3) is 8.03. The first-order valence-corrected chi connectivity index (χ1v) is 25.5. The Morgan fingerprint density at radius 3 is 1.71 bits per heavy atom. The summed E-state index contributed by atoms with van der Waals surface area (Å²) in [4.78, 5) is 0. The average molecular weight is 759 g/mol. The summed E-state index contributed by atoms with van der Waals surface area (Å²) in [6.07, 6.45) is 37.1. The molecule has 0 spiro atoms. The van der Waals surface area contributed by atoms with Gasteiger partial charge in [-0.15, -0.1) is 0 Å². The lowest BCUT2D eigenvalue weighted by Crippen LogP contribution is -2.53. The van der Waals surface area contributed by atoms with Crippen molar-refractivity contribution in [1.29, 1.82) is 0 Å². The van der Waals surface area contributed by atoms with E-state index >= 15 is 0 Å². The quantitative estimate of drug-likeness (QED) is 0.220. The molecule has 0 amide bonds. The van der Waals surface area contributed by atoms with Crippen molar-refractivity contribution in [3.05, 3.63) is 11.6 Å². The Labute approximate surface area is 343 Å². The van der Waals surface area contributed by atoms with Gasteiger partial charge < -0.3 is 5.11 Å². The lowest BCUT2D eigenvalue weighted by molar-refractivity contribution is -0.114. The van der Waals surface area contributed by atoms with Crippen LogP contribution in [0.4, 0.5) is 0 Å². The minimum atomic E-state index is -0.0766. The normalized spacial score (nSPS) is 47.3. The van der Waals surface area contributed by atoms with Crippen LogP contribution in [0.2, 0.25) is 0 Å². The molecule has 0 aromatic heterocycles. The summed E-state index contributed by atoms with van der Waals surface area (Å²) in [5.74, 6) is 12.6. The molecule has 1 unspecified atom stereocenters. The molecule has 8 rings (SSSR count). The van der Waals surface area contributed by atoms with E-state index in [1.165, 1.54) is 89.9 Å². The summed E-state index contributed by atoms with van der Waals surface area (Å²) in [7, 11) is 0. The molecular weight excluding hydrogens is 665 g/mol. The standard InChI is InChI=1S/C27H46O.C27H48/c1-18(2)7-6-8-19(3)23-11-12-24-22-10-9-20-17-21(28)13-15-26(20,4)25(22)14-16-27(23,24)5;1-19(2)9-8-10-20(3)23-14-15-24-22-13-12-21-11-6-7-17-26(21,4)25(22)16-18-27(23,24)5/h9,18-19,21-25,28H,6-8,10-17H2,1-5H3;19-25H,6-18H2,1-5H3/t19-,21+,22+,23-,24+,25+,26+,27-;20-,21?,22+,23-,24+,25+,26+,27-/m11/s1. The second kappa shape index (κ2) is 17.0. The Balaban J connectivity index is 0.000000169. The van der Waals surface area contributed by atoms with Gasteiger partial charge in [-0.3, -0.25) is 0 Å². The first-order valence-electron chi connectivity index (χ1n) is 25.5. The molecule has 1 nitrogen and oxygen atoms in total. The fraction of sp³-hybridized carbons (Fsp3) is 0.963. The predicted octanol–water partition coefficient (Wildman–Crippen LogP) is 15.9. The minimum Gasteiger partial charge on any atom is -0.393 e. The predicted molar refractivity (Wildman–Crippen MR) is 237 cm³/mol. The second-order valence-electron chi connectivity index (χ2n) is 24.6. The summed E-state index contributed by atoms with van der Waals surface area (Å²) in [6.45, 7) is 25.4. The van der Waals surface area contributed by atoms with E-state index in [4.69, 9.17) is 0 Å². The lowest BCUT2D eigenvalue weighted by atomic mass is 9.44. The molecule has 8 aliphatic rings. The topological polar surface area (TPSA) is 20.2 Å². The van der Waals surface area contributed by atoms with E-state index in [1.54, 1.807) is 56.9 Å². The van der Waals surface area contributed by atoms with E-state index in [1.807, 2.05) is 0 Å². The largest absolute Gasteiger partial charge is 0.393 e. The van der Waals surface area contributed by atoms with Crippen LogP contribution in [0.5, 0.6) is 0 Å². The van der Waals surface area contributed by atoms with Crippen molar-refractivity contribution in [1.82, 2.24) is 0 Å². The van der Waals surface area contributed by atoms with Crippen molar-refractivity contribution in [3.8, 4) is 0 Å². The summed E-state index contributed by atoms with van der Waals surface area (Å²) < 4.78 is 0. The van der Waals surface area contributed by atoms with Crippen LogP contribution in [0.3, 0.4) is 0 Å². The van der Waals surface area contributed by atoms with Gasteiger partial charge in [0.1, 0.15) is 0 Å². The molecule has 8 aliphatic carbocycles. The highest BCUT2D eigenvalue weighted by Crippen LogP contribution is 2.69. The van der Waals surface area contributed by atoms with Crippen LogP contribution >= 0.6 is 0 Å². The zero-order chi connectivity index (χ0) is 39.3. The molecule has 0 bridgehead atoms. The molecule has 0 saturated heterocycles. The fourth-order valence-corrected chi connectivity index (χ4v) is 18.0. The third-order valence-corrected chi connectivity index (χ3v) is 21.1. The molecule has 1 N–H and O–H groups in total. The van der Waals surface area contributed by atoms with Crippen LogP contribution in [-0.4, -0.2) is 11.2 Å². The van der Waals surface area contributed by atoms with Crippen LogP contribution in [-0.2, 0) is 0 Å². The van der Waals surface area contributed by atoms with Crippen LogP contribution in [0.1, 0.15) is 223 Å². The van der Waals surface area contributed by atoms with Crippen molar-refractivity contribution in [2.45, 2.75) is 229 Å². The van der Waals surface area contributed by atoms with Crippen LogP contribution in [0, 0.1) is 98.6 Å². The monoisotopic (exact) mass is 759 g/mol. The molecule has 0 heterocycles. The molecule has 7 fully saturated rings. The summed E-state index contributed by atoms with van der Waals surface area (Å²) in [6, 6.07) is 0. The van der Waals surface area contributed by atoms with Crippen molar-refractivity contribution in [2.75, 3.05) is 0 Å². The number of rotatable bonds is 10. The lowest BCUT2D eigenvalue weighted by Gasteiger charge is -2.61. The van der Waals surface area contributed by atoms with Gasteiger partial charge in [-0.25, -0.2) is 0 Å². The Hall–Kier alpha value is -0.300. The Morgan fingerprint density at radius 1 is 0.545 bits per heavy atom. The maximum absolute atomic E-state index is 10.2. The first kappa shape index (κ1) is 42.8. The van der Waals surface area contributed by atoms with E-state index in [9.17, 15) is 5.11 Å². The van der Waals surface area contributed by atoms with Gasteiger partial charge in [0.05, 0.1) is 6.10 Å². The van der Waals surface area contributed by atoms with Gasteiger partial charge in [0.15, 0.2) is 0 Å². The number of hydrogen-bond donors (Lipinski definition) is 1. The van der Waals surface area contributed by atoms with Gasteiger partial charge in [0.2, 0.25) is 0 Å². The number of aliphatic hydroxyl groups is 1. The summed E-state index contributed by atoms with van der Waals surface area (Å²) in [5.41, 5.74) is 3.99. The van der Waals surface area contributed by atoms with Crippen molar-refractivity contribution < 1.29 is 5.11 Å². The molecule has 316 valence electrons. The molecular formula is C54H94O. The first-order chi connectivity index (χ1) is 26.1. The van der Waals surface area contributed by atoms with Crippen LogP contribution < -0.4 is 0 Å². The average Bonchev–Trinajstić information content (AvgIpc) is 3.68. The van der Waals surface area contributed by atoms with Gasteiger partial charge in [-0.2, -0.15) is 0 Å². The zero-order valence-electron chi connectivity index (χ0n) is 38.6. The SMILES string of the molecule is CC(C)CCC[C@@H](C)[C@H]1CC[C@H]2[C@@H]3CC=C4C[C@@H](O)CC[C@]4(C)[C@H]3CC[C@]12C.CC(C)CCC[C@@H](C)[C@H]1CC[C@H]2[C@@H]3CCC4CCCC[C@]4(C)[C@H]3CC[C@]12C. The van der Waals surface area contributed by atoms with Gasteiger partial charge in [-0.1, -0.05) is 132 Å². The van der Waals surface area contributed by atoms with Gasteiger partial charge in [-0.05, 0) is 201 Å². The smallest absolute Gasteiger partial charge is 0.0577 e. The number of aliphatic hydroxyl groups excluding tert-OH is 1. The molecule has 7 saturated carbocycles. The van der Waals surface area contributed by atoms with Crippen molar-refractivity contribution in [2.24, 2.45) is 98.6 Å². The Kier molecular flexibility index (Phi) is 13.2. The number of hydrogen-bond acceptors (Lipinski definition) is 1. The minimum absolute atomic E-state index is 0.0766. The van der Waals surface area contributed by atoms with Crippen LogP contribution in [0.15, 0.2) is 11.6 Å². The van der Waals surface area contributed by atoms with Crippen molar-refractivity contribution in [3.63, 3.8) is 0 Å². The maximum atomic E-state index is 10.2. The molecule has 1 heteroatoms. The van der Waals surface area contributed by atoms with Gasteiger partial charge in [0, 0.05) is 0 Å². The second-order valence-corrected chi connectivity index (χ2v) is 24.6. The van der Waals surface area contributed by atoms with E-state index in [-0.39, 0.29) is 6.10 Å². The summed E-state index contributed by atoms with van der Waals surface area (Å²) >= 11 is 0. The maximum Gasteiger partial charge on any atom is 0.0577 e. The third-order valence-electron chi connectivity index (χ3n) is 21.1. The number of fused-ring (bicyclic) bond motifs is 10.